The van der Waals surface area contributed by atoms with Crippen LogP contribution >= 0.6 is 0 Å². The maximum atomic E-state index is 12.4. The van der Waals surface area contributed by atoms with E-state index in [1.54, 1.807) is 27.8 Å². The van der Waals surface area contributed by atoms with Gasteiger partial charge in [-0.25, -0.2) is 9.59 Å². The minimum atomic E-state index is -1.00. The Labute approximate surface area is 146 Å². The lowest BCUT2D eigenvalue weighted by molar-refractivity contribution is 0.0214. The highest BCUT2D eigenvalue weighted by molar-refractivity contribution is 5.93. The summed E-state index contributed by atoms with van der Waals surface area (Å²) in [6.07, 6.45) is 2.99. The number of ether oxygens (including phenoxy) is 1. The minimum Gasteiger partial charge on any atom is -0.477 e. The zero-order chi connectivity index (χ0) is 18.2. The minimum absolute atomic E-state index is 0.0937. The van der Waals surface area contributed by atoms with E-state index in [1.807, 2.05) is 26.8 Å². The molecule has 7 heteroatoms. The fourth-order valence-corrected chi connectivity index (χ4v) is 3.26. The second-order valence-electron chi connectivity index (χ2n) is 7.32. The molecule has 7 nitrogen and oxygen atoms in total. The fraction of sp³-hybridized carbons (Fsp3) is 0.500. The van der Waals surface area contributed by atoms with Crippen molar-refractivity contribution in [3.8, 4) is 0 Å². The van der Waals surface area contributed by atoms with Crippen LogP contribution in [0.25, 0.3) is 11.0 Å². The predicted octanol–water partition coefficient (Wildman–Crippen LogP) is 3.13. The third-order valence-electron chi connectivity index (χ3n) is 4.29. The predicted molar refractivity (Wildman–Crippen MR) is 92.7 cm³/mol. The summed E-state index contributed by atoms with van der Waals surface area (Å²) in [7, 11) is 0. The van der Waals surface area contributed by atoms with Crippen molar-refractivity contribution in [3.63, 3.8) is 0 Å². The number of carboxylic acids is 1. The van der Waals surface area contributed by atoms with Crippen molar-refractivity contribution in [1.82, 2.24) is 14.5 Å². The molecule has 0 radical (unpaired) electrons. The number of likely N-dealkylation sites (tertiary alicyclic amines) is 1. The largest absolute Gasteiger partial charge is 0.477 e. The number of fused-ring (bicyclic) bond motifs is 1. The van der Waals surface area contributed by atoms with Crippen LogP contribution in [0, 0.1) is 0 Å². The van der Waals surface area contributed by atoms with E-state index in [4.69, 9.17) is 4.74 Å². The Kier molecular flexibility index (Phi) is 4.41. The Morgan fingerprint density at radius 3 is 2.84 bits per heavy atom. The molecule has 1 N–H and O–H groups in total. The van der Waals surface area contributed by atoms with Crippen LogP contribution in [0.1, 0.15) is 44.1 Å². The van der Waals surface area contributed by atoms with Gasteiger partial charge in [0.2, 0.25) is 0 Å². The van der Waals surface area contributed by atoms with Gasteiger partial charge in [0.1, 0.15) is 11.3 Å². The molecule has 1 aliphatic heterocycles. The van der Waals surface area contributed by atoms with E-state index in [9.17, 15) is 14.7 Å². The molecule has 1 amide bonds. The molecule has 3 heterocycles. The van der Waals surface area contributed by atoms with Crippen molar-refractivity contribution in [2.24, 2.45) is 0 Å². The van der Waals surface area contributed by atoms with Gasteiger partial charge in [-0.2, -0.15) is 0 Å². The standard InChI is InChI=1S/C18H23N3O4/c1-18(2,3)25-17(24)20-9-5-6-12(20)11-21-14-7-4-8-19-13(14)10-15(21)16(22)23/h4,7-8,10,12H,5-6,9,11H2,1-3H3,(H,22,23)/t12-/m1/s1. The van der Waals surface area contributed by atoms with Gasteiger partial charge in [0, 0.05) is 19.3 Å². The molecule has 134 valence electrons. The lowest BCUT2D eigenvalue weighted by Gasteiger charge is -2.29. The smallest absolute Gasteiger partial charge is 0.410 e. The van der Waals surface area contributed by atoms with Crippen molar-refractivity contribution in [3.05, 3.63) is 30.1 Å². The topological polar surface area (TPSA) is 84.7 Å². The Hall–Kier alpha value is -2.57. The van der Waals surface area contributed by atoms with E-state index in [0.717, 1.165) is 18.4 Å². The number of rotatable bonds is 3. The molecule has 0 aliphatic carbocycles. The molecule has 0 saturated carbocycles. The van der Waals surface area contributed by atoms with Gasteiger partial charge in [0.25, 0.3) is 0 Å². The number of nitrogens with zero attached hydrogens (tertiary/aromatic N) is 3. The normalized spacial score (nSPS) is 17.9. The number of aromatic carboxylic acids is 1. The van der Waals surface area contributed by atoms with Gasteiger partial charge < -0.3 is 19.3 Å². The summed E-state index contributed by atoms with van der Waals surface area (Å²) in [6, 6.07) is 5.11. The highest BCUT2D eigenvalue weighted by atomic mass is 16.6. The first-order valence-electron chi connectivity index (χ1n) is 8.43. The number of hydrogen-bond donors (Lipinski definition) is 1. The molecule has 0 aromatic carbocycles. The molecule has 1 fully saturated rings. The van der Waals surface area contributed by atoms with Crippen molar-refractivity contribution in [2.75, 3.05) is 6.54 Å². The van der Waals surface area contributed by atoms with Crippen LogP contribution in [0.2, 0.25) is 0 Å². The summed E-state index contributed by atoms with van der Waals surface area (Å²) in [6.45, 7) is 6.55. The van der Waals surface area contributed by atoms with E-state index in [1.165, 1.54) is 0 Å². The Morgan fingerprint density at radius 1 is 1.40 bits per heavy atom. The van der Waals surface area contributed by atoms with Crippen LogP contribution < -0.4 is 0 Å². The number of aromatic nitrogens is 2. The van der Waals surface area contributed by atoms with Crippen LogP contribution in [-0.2, 0) is 11.3 Å². The average Bonchev–Trinajstić information content (AvgIpc) is 3.11. The summed E-state index contributed by atoms with van der Waals surface area (Å²) in [4.78, 5) is 30.0. The lowest BCUT2D eigenvalue weighted by Crippen LogP contribution is -2.41. The van der Waals surface area contributed by atoms with E-state index >= 15 is 0 Å². The molecule has 2 aromatic rings. The van der Waals surface area contributed by atoms with Crippen LogP contribution in [-0.4, -0.2) is 49.8 Å². The van der Waals surface area contributed by atoms with Gasteiger partial charge in [-0.05, 0) is 51.8 Å². The highest BCUT2D eigenvalue weighted by Gasteiger charge is 2.33. The average molecular weight is 345 g/mol. The summed E-state index contributed by atoms with van der Waals surface area (Å²) < 4.78 is 7.22. The summed E-state index contributed by atoms with van der Waals surface area (Å²) in [5.74, 6) is -1.00. The Balaban J connectivity index is 1.88. The fourth-order valence-electron chi connectivity index (χ4n) is 3.26. The van der Waals surface area contributed by atoms with E-state index in [-0.39, 0.29) is 17.8 Å². The molecule has 0 unspecified atom stereocenters. The van der Waals surface area contributed by atoms with E-state index in [0.29, 0.717) is 18.6 Å². The maximum Gasteiger partial charge on any atom is 0.410 e. The Bertz CT molecular complexity index is 806. The first-order chi connectivity index (χ1) is 11.8. The molecule has 3 rings (SSSR count). The van der Waals surface area contributed by atoms with Crippen LogP contribution in [0.15, 0.2) is 24.4 Å². The quantitative estimate of drug-likeness (QED) is 0.924. The lowest BCUT2D eigenvalue weighted by atomic mass is 10.2. The molecule has 0 bridgehead atoms. The number of pyridine rings is 1. The summed E-state index contributed by atoms with van der Waals surface area (Å²) >= 11 is 0. The molecule has 1 atom stereocenters. The number of amides is 1. The van der Waals surface area contributed by atoms with Gasteiger partial charge in [-0.1, -0.05) is 0 Å². The van der Waals surface area contributed by atoms with Crippen molar-refractivity contribution in [1.29, 1.82) is 0 Å². The summed E-state index contributed by atoms with van der Waals surface area (Å²) in [5.41, 5.74) is 1.03. The Morgan fingerprint density at radius 2 is 2.16 bits per heavy atom. The zero-order valence-corrected chi connectivity index (χ0v) is 14.7. The second kappa shape index (κ2) is 6.38. The number of carbonyl (C=O) groups excluding carboxylic acids is 1. The van der Waals surface area contributed by atoms with Crippen LogP contribution in [0.4, 0.5) is 4.79 Å². The summed E-state index contributed by atoms with van der Waals surface area (Å²) in [5, 5.41) is 9.51. The number of carboxylic acid groups (broad SMARTS) is 1. The molecule has 1 saturated heterocycles. The number of carbonyl (C=O) groups is 2. The monoisotopic (exact) mass is 345 g/mol. The molecule has 0 spiro atoms. The second-order valence-corrected chi connectivity index (χ2v) is 7.32. The molecular weight excluding hydrogens is 322 g/mol. The van der Waals surface area contributed by atoms with Crippen molar-refractivity contribution >= 4 is 23.1 Å². The van der Waals surface area contributed by atoms with Gasteiger partial charge in [0.15, 0.2) is 0 Å². The molecule has 25 heavy (non-hydrogen) atoms. The molecule has 2 aromatic heterocycles. The van der Waals surface area contributed by atoms with Crippen LogP contribution in [0.5, 0.6) is 0 Å². The van der Waals surface area contributed by atoms with Crippen molar-refractivity contribution < 1.29 is 19.4 Å². The SMILES string of the molecule is CC(C)(C)OC(=O)N1CCC[C@@H]1Cn1c(C(=O)O)cc2ncccc21. The molecule has 1 aliphatic rings. The van der Waals surface area contributed by atoms with E-state index in [2.05, 4.69) is 4.98 Å². The van der Waals surface area contributed by atoms with Gasteiger partial charge in [-0.3, -0.25) is 4.98 Å². The maximum absolute atomic E-state index is 12.4. The van der Waals surface area contributed by atoms with Gasteiger partial charge >= 0.3 is 12.1 Å². The zero-order valence-electron chi connectivity index (χ0n) is 14.7. The third kappa shape index (κ3) is 3.60. The number of hydrogen-bond acceptors (Lipinski definition) is 4. The van der Waals surface area contributed by atoms with E-state index < -0.39 is 11.6 Å². The first-order valence-corrected chi connectivity index (χ1v) is 8.43. The van der Waals surface area contributed by atoms with Crippen LogP contribution in [0.3, 0.4) is 0 Å². The first kappa shape index (κ1) is 17.3. The highest BCUT2D eigenvalue weighted by Crippen LogP contribution is 2.25. The van der Waals surface area contributed by atoms with Gasteiger partial charge in [-0.15, -0.1) is 0 Å². The van der Waals surface area contributed by atoms with Gasteiger partial charge in [0.05, 0.1) is 17.1 Å². The third-order valence-corrected chi connectivity index (χ3v) is 4.29. The van der Waals surface area contributed by atoms with Crippen molar-refractivity contribution in [2.45, 2.75) is 51.8 Å². The molecular formula is C18H23N3O4.